The van der Waals surface area contributed by atoms with Gasteiger partial charge < -0.3 is 19.8 Å². The van der Waals surface area contributed by atoms with Crippen LogP contribution in [0.15, 0.2) is 177 Å². The molecular formula is C43H31F4Ir2N5O4P2-2. The fraction of sp³-hybridized carbons (Fsp3) is 0. The Morgan fingerprint density at radius 2 is 0.767 bits per heavy atom. The Balaban J connectivity index is 0.000000211. The summed E-state index contributed by atoms with van der Waals surface area (Å²) in [5, 5.41) is 0.406. The molecule has 3 aromatic carbocycles. The quantitative estimate of drug-likeness (QED) is 0.0978. The summed E-state index contributed by atoms with van der Waals surface area (Å²) in [6, 6.07) is 42.4. The van der Waals surface area contributed by atoms with Crippen molar-refractivity contribution in [1.82, 2.24) is 24.9 Å². The molecule has 0 aliphatic carbocycles. The van der Waals surface area contributed by atoms with Crippen molar-refractivity contribution in [3.8, 4) is 22.5 Å². The third-order valence-electron chi connectivity index (χ3n) is 7.54. The number of hydrogen-bond acceptors (Lipinski definition) is 7. The predicted octanol–water partition coefficient (Wildman–Crippen LogP) is 7.65. The van der Waals surface area contributed by atoms with Crippen molar-refractivity contribution in [2.45, 2.75) is 0 Å². The number of rotatable bonds is 6. The maximum absolute atomic E-state index is 13.2. The Kier molecular flexibility index (Phi) is 19.8. The van der Waals surface area contributed by atoms with Crippen molar-refractivity contribution >= 4 is 36.3 Å². The summed E-state index contributed by atoms with van der Waals surface area (Å²) >= 11 is 0. The SMILES string of the molecule is Fc1c[c-]c(-c2ccccn2)c(F)c1.Fc1c[c-]c(-c2ccccn2)c(F)c1.O=P(O)(c1ccccc1)c1ccccn1.O=P(O)(c1ccccn1)c1ccccn1.[Ir].[Ir]. The van der Waals surface area contributed by atoms with Gasteiger partial charge in [-0.25, -0.2) is 0 Å². The van der Waals surface area contributed by atoms with Gasteiger partial charge in [-0.15, -0.1) is 24.3 Å². The molecule has 0 amide bonds. The molecule has 0 saturated heterocycles. The molecule has 1 unspecified atom stereocenters. The van der Waals surface area contributed by atoms with Crippen LogP contribution in [0.5, 0.6) is 0 Å². The summed E-state index contributed by atoms with van der Waals surface area (Å²) in [5.74, 6) is -2.57. The normalized spacial score (nSPS) is 11.2. The van der Waals surface area contributed by atoms with Gasteiger partial charge in [0.25, 0.3) is 14.7 Å². The van der Waals surface area contributed by atoms with Gasteiger partial charge in [-0.1, -0.05) is 83.9 Å². The summed E-state index contributed by atoms with van der Waals surface area (Å²) in [6.07, 6.45) is 7.58. The molecule has 5 heterocycles. The average Bonchev–Trinajstić information content (AvgIpc) is 3.26. The summed E-state index contributed by atoms with van der Waals surface area (Å²) in [6.45, 7) is 0. The summed E-state index contributed by atoms with van der Waals surface area (Å²) in [5.41, 5.74) is 1.80. The first kappa shape index (κ1) is 49.2. The van der Waals surface area contributed by atoms with E-state index in [4.69, 9.17) is 0 Å². The third-order valence-corrected chi connectivity index (χ3v) is 11.2. The third kappa shape index (κ3) is 13.9. The number of nitrogens with zero attached hydrogens (tertiary/aromatic N) is 5. The van der Waals surface area contributed by atoms with Crippen LogP contribution in [-0.4, -0.2) is 34.7 Å². The van der Waals surface area contributed by atoms with Gasteiger partial charge in [0.05, 0.1) is 0 Å². The summed E-state index contributed by atoms with van der Waals surface area (Å²) in [7, 11) is -7.13. The zero-order chi connectivity index (χ0) is 41.4. The first-order valence-electron chi connectivity index (χ1n) is 17.0. The van der Waals surface area contributed by atoms with E-state index in [1.807, 2.05) is 6.07 Å². The first-order chi connectivity index (χ1) is 28.0. The van der Waals surface area contributed by atoms with E-state index >= 15 is 0 Å². The van der Waals surface area contributed by atoms with Gasteiger partial charge in [0.1, 0.15) is 16.3 Å². The van der Waals surface area contributed by atoms with E-state index in [0.29, 0.717) is 16.7 Å². The zero-order valence-electron chi connectivity index (χ0n) is 30.8. The molecule has 310 valence electrons. The summed E-state index contributed by atoms with van der Waals surface area (Å²) < 4.78 is 75.8. The van der Waals surface area contributed by atoms with Crippen LogP contribution in [0.25, 0.3) is 22.5 Å². The molecule has 17 heteroatoms. The molecule has 2 N–H and O–H groups in total. The maximum Gasteiger partial charge on any atom is 0.294 e. The van der Waals surface area contributed by atoms with Crippen molar-refractivity contribution < 1.29 is 76.7 Å². The molecule has 0 aliphatic heterocycles. The van der Waals surface area contributed by atoms with Crippen molar-refractivity contribution in [3.05, 3.63) is 212 Å². The Bertz CT molecular complexity index is 2330. The van der Waals surface area contributed by atoms with E-state index in [0.717, 1.165) is 24.3 Å². The minimum Gasteiger partial charge on any atom is -0.337 e. The number of halogens is 4. The van der Waals surface area contributed by atoms with Gasteiger partial charge in [-0.2, -0.15) is 0 Å². The minimum atomic E-state index is -3.62. The Labute approximate surface area is 370 Å². The molecule has 5 aromatic heterocycles. The van der Waals surface area contributed by atoms with Crippen LogP contribution in [0.1, 0.15) is 0 Å². The Morgan fingerprint density at radius 1 is 0.433 bits per heavy atom. The topological polar surface area (TPSA) is 139 Å². The number of benzene rings is 3. The van der Waals surface area contributed by atoms with Gasteiger partial charge in [0.2, 0.25) is 0 Å². The van der Waals surface area contributed by atoms with Crippen LogP contribution in [0.2, 0.25) is 0 Å². The number of aromatic nitrogens is 5. The average molecular weight is 1200 g/mol. The predicted molar refractivity (Wildman–Crippen MR) is 214 cm³/mol. The molecule has 8 aromatic rings. The minimum absolute atomic E-state index is 0. The van der Waals surface area contributed by atoms with Gasteiger partial charge >= 0.3 is 0 Å². The van der Waals surface area contributed by atoms with Crippen LogP contribution in [0.3, 0.4) is 0 Å². The largest absolute Gasteiger partial charge is 0.337 e. The smallest absolute Gasteiger partial charge is 0.294 e. The molecule has 0 fully saturated rings. The second-order valence-electron chi connectivity index (χ2n) is 11.6. The van der Waals surface area contributed by atoms with Crippen LogP contribution < -0.4 is 21.6 Å². The van der Waals surface area contributed by atoms with Gasteiger partial charge in [-0.05, 0) is 72.1 Å². The molecule has 0 bridgehead atoms. The standard InChI is InChI=1S/2C11H6F2N.C11H10NO2P.C10H9N2O2P.2Ir/c2*12-8-4-5-9(10(13)7-8)11-3-1-2-6-14-11;13-15(14,10-6-2-1-3-7-10)11-8-4-5-9-12-11;13-15(14,9-5-1-3-7-11-9)10-6-2-4-8-12-10;;/h2*1-4,6-7H;1-9H,(H,13,14);1-8H,(H,13,14);;/q2*-1;;;;. The maximum atomic E-state index is 13.2. The molecule has 1 atom stereocenters. The molecule has 0 spiro atoms. The molecule has 60 heavy (non-hydrogen) atoms. The second kappa shape index (κ2) is 24.2. The van der Waals surface area contributed by atoms with Gasteiger partial charge in [-0.3, -0.25) is 41.6 Å². The van der Waals surface area contributed by atoms with Crippen molar-refractivity contribution in [2.75, 3.05) is 0 Å². The van der Waals surface area contributed by atoms with Crippen molar-refractivity contribution in [1.29, 1.82) is 0 Å². The van der Waals surface area contributed by atoms with E-state index in [-0.39, 0.29) is 67.6 Å². The van der Waals surface area contributed by atoms with Crippen molar-refractivity contribution in [2.24, 2.45) is 0 Å². The first-order valence-corrected chi connectivity index (χ1v) is 20.3. The molecular weight excluding hydrogens is 1170 g/mol. The van der Waals surface area contributed by atoms with E-state index in [2.05, 4.69) is 37.1 Å². The van der Waals surface area contributed by atoms with E-state index in [1.54, 1.807) is 116 Å². The van der Waals surface area contributed by atoms with E-state index in [9.17, 15) is 36.5 Å². The monoisotopic (exact) mass is 1210 g/mol. The molecule has 2 radical (unpaired) electrons. The number of hydrogen-bond donors (Lipinski definition) is 2. The Hall–Kier alpha value is -5.19. The van der Waals surface area contributed by atoms with Crippen LogP contribution in [-0.2, 0) is 49.3 Å². The van der Waals surface area contributed by atoms with E-state index < -0.39 is 38.0 Å². The number of pyridine rings is 5. The second-order valence-corrected chi connectivity index (χ2v) is 15.8. The zero-order valence-corrected chi connectivity index (χ0v) is 37.3. The van der Waals surface area contributed by atoms with Crippen molar-refractivity contribution in [3.63, 3.8) is 0 Å². The summed E-state index contributed by atoms with van der Waals surface area (Å²) in [4.78, 5) is 39.4. The van der Waals surface area contributed by atoms with Crippen LogP contribution in [0, 0.1) is 35.4 Å². The fourth-order valence-electron chi connectivity index (χ4n) is 4.78. The van der Waals surface area contributed by atoms with Crippen LogP contribution >= 0.6 is 14.7 Å². The van der Waals surface area contributed by atoms with Gasteiger partial charge in [0.15, 0.2) is 0 Å². The molecule has 0 aliphatic rings. The Morgan fingerprint density at radius 3 is 1.08 bits per heavy atom. The molecule has 9 nitrogen and oxygen atoms in total. The molecule has 8 rings (SSSR count). The van der Waals surface area contributed by atoms with E-state index in [1.165, 1.54) is 30.7 Å². The van der Waals surface area contributed by atoms with Crippen LogP contribution in [0.4, 0.5) is 17.6 Å². The fourth-order valence-corrected chi connectivity index (χ4v) is 7.39. The van der Waals surface area contributed by atoms with Gasteiger partial charge in [0, 0.05) is 99.8 Å². The molecule has 0 saturated carbocycles.